The number of halogens is 1. The normalized spacial score (nSPS) is 19.0. The van der Waals surface area contributed by atoms with Gasteiger partial charge in [0.05, 0.1) is 9.54 Å². The molecule has 1 saturated heterocycles. The molecule has 92 valence electrons. The lowest BCUT2D eigenvalue weighted by Crippen LogP contribution is -2.30. The van der Waals surface area contributed by atoms with Gasteiger partial charge in [0.1, 0.15) is 0 Å². The number of amides is 1. The summed E-state index contributed by atoms with van der Waals surface area (Å²) in [6.45, 7) is 0.291. The number of nitrogens with zero attached hydrogens (tertiary/aromatic N) is 1. The highest BCUT2D eigenvalue weighted by Gasteiger charge is 2.30. The maximum absolute atomic E-state index is 11.7. The predicted molar refractivity (Wildman–Crippen MR) is 71.2 cm³/mol. The van der Waals surface area contributed by atoms with Gasteiger partial charge in [-0.25, -0.2) is 12.7 Å². The molecule has 1 aromatic rings. The molecule has 0 aliphatic carbocycles. The first-order valence-electron chi connectivity index (χ1n) is 4.95. The summed E-state index contributed by atoms with van der Waals surface area (Å²) in [6.07, 6.45) is 3.45. The van der Waals surface area contributed by atoms with E-state index in [-0.39, 0.29) is 5.75 Å². The lowest BCUT2D eigenvalue weighted by Gasteiger charge is -2.11. The first-order chi connectivity index (χ1) is 7.99. The van der Waals surface area contributed by atoms with Crippen LogP contribution in [0.15, 0.2) is 21.3 Å². The summed E-state index contributed by atoms with van der Waals surface area (Å²) < 4.78 is 24.9. The molecule has 2 heterocycles. The number of sulfonamides is 1. The van der Waals surface area contributed by atoms with E-state index < -0.39 is 15.9 Å². The van der Waals surface area contributed by atoms with E-state index in [1.54, 1.807) is 6.08 Å². The predicted octanol–water partition coefficient (Wildman–Crippen LogP) is 2.09. The van der Waals surface area contributed by atoms with Crippen molar-refractivity contribution in [2.45, 2.75) is 6.42 Å². The molecule has 0 bridgehead atoms. The molecular formula is C10H10BrNO3S2. The Kier molecular flexibility index (Phi) is 3.70. The van der Waals surface area contributed by atoms with Crippen molar-refractivity contribution >= 4 is 49.3 Å². The Hall–Kier alpha value is -0.660. The highest BCUT2D eigenvalue weighted by molar-refractivity contribution is 9.11. The van der Waals surface area contributed by atoms with Crippen LogP contribution in [-0.4, -0.2) is 30.9 Å². The number of hydrogen-bond donors (Lipinski definition) is 0. The van der Waals surface area contributed by atoms with Crippen LogP contribution >= 0.6 is 27.3 Å². The molecule has 0 saturated carbocycles. The summed E-state index contributed by atoms with van der Waals surface area (Å²) in [6, 6.07) is 1.87. The SMILES string of the molecule is O=C(/C=C/c1csc(Br)c1)N1CCCS1(=O)=O. The number of carbonyl (C=O) groups excluding carboxylic acids is 1. The van der Waals surface area contributed by atoms with Gasteiger partial charge in [-0.1, -0.05) is 0 Å². The maximum atomic E-state index is 11.7. The third kappa shape index (κ3) is 2.97. The van der Waals surface area contributed by atoms with Gasteiger partial charge in [0, 0.05) is 12.6 Å². The fourth-order valence-electron chi connectivity index (χ4n) is 1.55. The van der Waals surface area contributed by atoms with Crippen LogP contribution in [-0.2, 0) is 14.8 Å². The molecule has 1 aliphatic heterocycles. The van der Waals surface area contributed by atoms with E-state index in [9.17, 15) is 13.2 Å². The third-order valence-corrected chi connectivity index (χ3v) is 5.71. The highest BCUT2D eigenvalue weighted by atomic mass is 79.9. The van der Waals surface area contributed by atoms with Gasteiger partial charge >= 0.3 is 0 Å². The summed E-state index contributed by atoms with van der Waals surface area (Å²) in [7, 11) is -3.36. The Morgan fingerprint density at radius 1 is 1.53 bits per heavy atom. The molecule has 0 N–H and O–H groups in total. The van der Waals surface area contributed by atoms with Crippen molar-refractivity contribution in [2.24, 2.45) is 0 Å². The van der Waals surface area contributed by atoms with Crippen LogP contribution in [0.5, 0.6) is 0 Å². The smallest absolute Gasteiger partial charge is 0.260 e. The van der Waals surface area contributed by atoms with Crippen molar-refractivity contribution in [2.75, 3.05) is 12.3 Å². The molecule has 2 rings (SSSR count). The van der Waals surface area contributed by atoms with Crippen LogP contribution in [0.2, 0.25) is 0 Å². The molecule has 0 radical (unpaired) electrons. The minimum Gasteiger partial charge on any atom is -0.269 e. The van der Waals surface area contributed by atoms with Gasteiger partial charge in [-0.2, -0.15) is 0 Å². The second-order valence-electron chi connectivity index (χ2n) is 3.60. The van der Waals surface area contributed by atoms with Crippen molar-refractivity contribution in [3.8, 4) is 0 Å². The number of rotatable bonds is 2. The van der Waals surface area contributed by atoms with Gasteiger partial charge in [-0.3, -0.25) is 4.79 Å². The Labute approximate surface area is 112 Å². The van der Waals surface area contributed by atoms with Crippen LogP contribution < -0.4 is 0 Å². The quantitative estimate of drug-likeness (QED) is 0.777. The number of hydrogen-bond acceptors (Lipinski definition) is 4. The van der Waals surface area contributed by atoms with E-state index in [2.05, 4.69) is 15.9 Å². The van der Waals surface area contributed by atoms with Gasteiger partial charge in [0.25, 0.3) is 5.91 Å². The second-order valence-corrected chi connectivity index (χ2v) is 7.90. The van der Waals surface area contributed by atoms with Crippen LogP contribution in [0.25, 0.3) is 6.08 Å². The molecule has 1 aliphatic rings. The molecule has 17 heavy (non-hydrogen) atoms. The van der Waals surface area contributed by atoms with Crippen LogP contribution in [0, 0.1) is 0 Å². The van der Waals surface area contributed by atoms with Gasteiger partial charge in [-0.05, 0) is 45.4 Å². The summed E-state index contributed by atoms with van der Waals surface area (Å²) in [5, 5.41) is 1.88. The van der Waals surface area contributed by atoms with Crippen molar-refractivity contribution in [1.82, 2.24) is 4.31 Å². The summed E-state index contributed by atoms with van der Waals surface area (Å²) in [4.78, 5) is 11.7. The van der Waals surface area contributed by atoms with Crippen molar-refractivity contribution in [3.63, 3.8) is 0 Å². The first kappa shape index (κ1) is 12.8. The molecule has 1 aromatic heterocycles. The Balaban J connectivity index is 2.10. The fraction of sp³-hybridized carbons (Fsp3) is 0.300. The van der Waals surface area contributed by atoms with E-state index >= 15 is 0 Å². The van der Waals surface area contributed by atoms with Crippen molar-refractivity contribution < 1.29 is 13.2 Å². The van der Waals surface area contributed by atoms with E-state index in [0.29, 0.717) is 13.0 Å². The van der Waals surface area contributed by atoms with E-state index in [0.717, 1.165) is 13.7 Å². The number of thiophene rings is 1. The summed E-state index contributed by atoms with van der Waals surface area (Å²) in [5.41, 5.74) is 0.881. The van der Waals surface area contributed by atoms with E-state index in [1.807, 2.05) is 11.4 Å². The molecule has 1 fully saturated rings. The van der Waals surface area contributed by atoms with Crippen LogP contribution in [0.4, 0.5) is 0 Å². The van der Waals surface area contributed by atoms with Gasteiger partial charge < -0.3 is 0 Å². The maximum Gasteiger partial charge on any atom is 0.260 e. The average Bonchev–Trinajstić information content (AvgIpc) is 2.81. The molecule has 4 nitrogen and oxygen atoms in total. The van der Waals surface area contributed by atoms with Gasteiger partial charge in [0.2, 0.25) is 10.0 Å². The standard InChI is InChI=1S/C10H10BrNO3S2/c11-9-6-8(7-16-9)2-3-10(13)12-4-1-5-17(12,14)15/h2-3,6-7H,1,4-5H2/b3-2+. The monoisotopic (exact) mass is 335 g/mol. The fourth-order valence-corrected chi connectivity index (χ4v) is 4.15. The Morgan fingerprint density at radius 2 is 2.29 bits per heavy atom. The zero-order valence-electron chi connectivity index (χ0n) is 8.80. The minimum absolute atomic E-state index is 0.0661. The number of carbonyl (C=O) groups is 1. The Bertz CT molecular complexity index is 562. The van der Waals surface area contributed by atoms with Crippen molar-refractivity contribution in [3.05, 3.63) is 26.9 Å². The van der Waals surface area contributed by atoms with Crippen LogP contribution in [0.3, 0.4) is 0 Å². The van der Waals surface area contributed by atoms with Crippen LogP contribution in [0.1, 0.15) is 12.0 Å². The highest BCUT2D eigenvalue weighted by Crippen LogP contribution is 2.22. The molecule has 0 aromatic carbocycles. The third-order valence-electron chi connectivity index (χ3n) is 2.35. The molecular weight excluding hydrogens is 326 g/mol. The molecule has 0 atom stereocenters. The van der Waals surface area contributed by atoms with E-state index in [4.69, 9.17) is 0 Å². The largest absolute Gasteiger partial charge is 0.269 e. The average molecular weight is 336 g/mol. The molecule has 7 heteroatoms. The lowest BCUT2D eigenvalue weighted by molar-refractivity contribution is -0.121. The van der Waals surface area contributed by atoms with Crippen molar-refractivity contribution in [1.29, 1.82) is 0 Å². The topological polar surface area (TPSA) is 54.5 Å². The summed E-state index contributed by atoms with van der Waals surface area (Å²) in [5.74, 6) is -0.402. The van der Waals surface area contributed by atoms with E-state index in [1.165, 1.54) is 17.4 Å². The zero-order chi connectivity index (χ0) is 12.5. The second kappa shape index (κ2) is 4.91. The van der Waals surface area contributed by atoms with Gasteiger partial charge in [0.15, 0.2) is 0 Å². The molecule has 0 unspecified atom stereocenters. The lowest BCUT2D eigenvalue weighted by atomic mass is 10.3. The van der Waals surface area contributed by atoms with Gasteiger partial charge in [-0.15, -0.1) is 11.3 Å². The Morgan fingerprint density at radius 3 is 2.82 bits per heavy atom. The summed E-state index contributed by atoms with van der Waals surface area (Å²) >= 11 is 4.83. The molecule has 1 amide bonds. The minimum atomic E-state index is -3.36. The molecule has 0 spiro atoms. The zero-order valence-corrected chi connectivity index (χ0v) is 12.0. The first-order valence-corrected chi connectivity index (χ1v) is 8.24.